The highest BCUT2D eigenvalue weighted by atomic mass is 35.5. The normalized spacial score (nSPS) is 10.6. The fourth-order valence-electron chi connectivity index (χ4n) is 1.11. The molecule has 6 nitrogen and oxygen atoms in total. The fraction of sp³-hybridized carbons (Fsp3) is 0.0909. The molecule has 0 unspecified atom stereocenters. The van der Waals surface area contributed by atoms with Crippen molar-refractivity contribution in [1.82, 2.24) is 0 Å². The lowest BCUT2D eigenvalue weighted by Gasteiger charge is -2.15. The van der Waals surface area contributed by atoms with Gasteiger partial charge in [-0.3, -0.25) is 9.59 Å². The Kier molecular flexibility index (Phi) is 4.84. The number of primary amides is 1. The van der Waals surface area contributed by atoms with E-state index < -0.39 is 17.5 Å². The van der Waals surface area contributed by atoms with Gasteiger partial charge in [0.25, 0.3) is 11.8 Å². The largest absolute Gasteiger partial charge is 0.364 e. The van der Waals surface area contributed by atoms with Gasteiger partial charge in [-0.1, -0.05) is 18.2 Å². The van der Waals surface area contributed by atoms with E-state index >= 15 is 0 Å². The van der Waals surface area contributed by atoms with Crippen LogP contribution in [-0.4, -0.2) is 23.4 Å². The summed E-state index contributed by atoms with van der Waals surface area (Å²) in [6.07, 6.45) is 0. The van der Waals surface area contributed by atoms with Gasteiger partial charge in [-0.2, -0.15) is 10.3 Å². The first-order valence-electron chi connectivity index (χ1n) is 4.82. The fourth-order valence-corrected chi connectivity index (χ4v) is 1.22. The zero-order valence-electron chi connectivity index (χ0n) is 9.21. The third kappa shape index (κ3) is 3.30. The highest BCUT2D eigenvalue weighted by Crippen LogP contribution is 2.14. The standard InChI is InChI=1S/C11H9ClN4O2/c12-6-10(17)16(8-4-2-1-3-5-8)15-9(7-13)11(14)18/h1-5H,6H2,(H2,14,18)/b15-9-. The number of hydrogen-bond acceptors (Lipinski definition) is 4. The summed E-state index contributed by atoms with van der Waals surface area (Å²) in [5.41, 5.74) is 4.77. The van der Waals surface area contributed by atoms with Gasteiger partial charge in [0.05, 0.1) is 5.69 Å². The molecule has 0 fully saturated rings. The molecule has 0 saturated heterocycles. The molecule has 1 aromatic carbocycles. The Hall–Kier alpha value is -2.39. The maximum Gasteiger partial charge on any atom is 0.280 e. The van der Waals surface area contributed by atoms with Crippen LogP contribution in [0.4, 0.5) is 5.69 Å². The van der Waals surface area contributed by atoms with Gasteiger partial charge >= 0.3 is 0 Å². The van der Waals surface area contributed by atoms with Crippen LogP contribution in [0.1, 0.15) is 0 Å². The Bertz CT molecular complexity index is 522. The van der Waals surface area contributed by atoms with Crippen molar-refractivity contribution in [2.75, 3.05) is 10.9 Å². The number of benzene rings is 1. The van der Waals surface area contributed by atoms with E-state index in [1.165, 1.54) is 6.07 Å². The molecule has 0 aliphatic carbocycles. The highest BCUT2D eigenvalue weighted by Gasteiger charge is 2.17. The second-order valence-corrected chi connectivity index (χ2v) is 3.37. The summed E-state index contributed by atoms with van der Waals surface area (Å²) in [4.78, 5) is 22.5. The number of alkyl halides is 1. The van der Waals surface area contributed by atoms with Crippen molar-refractivity contribution < 1.29 is 9.59 Å². The number of nitrogens with two attached hydrogens (primary N) is 1. The molecule has 2 N–H and O–H groups in total. The highest BCUT2D eigenvalue weighted by molar-refractivity contribution is 6.45. The van der Waals surface area contributed by atoms with Gasteiger partial charge in [-0.15, -0.1) is 16.7 Å². The van der Waals surface area contributed by atoms with Crippen LogP contribution in [0, 0.1) is 11.3 Å². The van der Waals surface area contributed by atoms with E-state index in [1.807, 2.05) is 0 Å². The van der Waals surface area contributed by atoms with Crippen LogP contribution < -0.4 is 10.7 Å². The molecule has 0 heterocycles. The number of anilines is 1. The van der Waals surface area contributed by atoms with Gasteiger partial charge in [0.1, 0.15) is 11.9 Å². The van der Waals surface area contributed by atoms with E-state index in [0.717, 1.165) is 5.01 Å². The predicted molar refractivity (Wildman–Crippen MR) is 66.9 cm³/mol. The van der Waals surface area contributed by atoms with E-state index in [-0.39, 0.29) is 5.88 Å². The van der Waals surface area contributed by atoms with Crippen molar-refractivity contribution >= 4 is 34.8 Å². The lowest BCUT2D eigenvalue weighted by molar-refractivity contribution is -0.116. The van der Waals surface area contributed by atoms with Crippen LogP contribution in [-0.2, 0) is 9.59 Å². The number of carbonyl (C=O) groups is 2. The SMILES string of the molecule is N#C/C(=N/N(C(=O)CCl)c1ccccc1)C(N)=O. The summed E-state index contributed by atoms with van der Waals surface area (Å²) in [7, 11) is 0. The summed E-state index contributed by atoms with van der Waals surface area (Å²) >= 11 is 5.44. The van der Waals surface area contributed by atoms with E-state index in [0.29, 0.717) is 5.69 Å². The Balaban J connectivity index is 3.20. The van der Waals surface area contributed by atoms with E-state index in [4.69, 9.17) is 22.6 Å². The molecule has 0 saturated carbocycles. The molecule has 0 bridgehead atoms. The summed E-state index contributed by atoms with van der Waals surface area (Å²) in [6, 6.07) is 9.79. The number of nitrogens with zero attached hydrogens (tertiary/aromatic N) is 3. The summed E-state index contributed by atoms with van der Waals surface area (Å²) in [5, 5.41) is 13.2. The molecule has 1 rings (SSSR count). The second-order valence-electron chi connectivity index (χ2n) is 3.10. The maximum absolute atomic E-state index is 11.6. The van der Waals surface area contributed by atoms with Crippen LogP contribution in [0.25, 0.3) is 0 Å². The number of carbonyl (C=O) groups excluding carboxylic acids is 2. The zero-order chi connectivity index (χ0) is 13.5. The van der Waals surface area contributed by atoms with Crippen LogP contribution in [0.5, 0.6) is 0 Å². The third-order valence-electron chi connectivity index (χ3n) is 1.89. The van der Waals surface area contributed by atoms with Crippen molar-refractivity contribution in [2.24, 2.45) is 10.8 Å². The number of hydrazone groups is 1. The number of halogens is 1. The first-order valence-corrected chi connectivity index (χ1v) is 5.36. The van der Waals surface area contributed by atoms with Gasteiger partial charge in [0.2, 0.25) is 5.71 Å². The monoisotopic (exact) mass is 264 g/mol. The van der Waals surface area contributed by atoms with E-state index in [2.05, 4.69) is 5.10 Å². The molecule has 92 valence electrons. The molecule has 0 aliphatic heterocycles. The number of amides is 2. The van der Waals surface area contributed by atoms with Crippen LogP contribution in [0.15, 0.2) is 35.4 Å². The van der Waals surface area contributed by atoms with Crippen molar-refractivity contribution in [2.45, 2.75) is 0 Å². The van der Waals surface area contributed by atoms with E-state index in [9.17, 15) is 9.59 Å². The zero-order valence-corrected chi connectivity index (χ0v) is 9.96. The first kappa shape index (κ1) is 13.7. The summed E-state index contributed by atoms with van der Waals surface area (Å²) < 4.78 is 0. The number of hydrogen-bond donors (Lipinski definition) is 1. The van der Waals surface area contributed by atoms with E-state index in [1.54, 1.807) is 30.3 Å². The quantitative estimate of drug-likeness (QED) is 0.490. The smallest absolute Gasteiger partial charge is 0.280 e. The Morgan fingerprint density at radius 1 is 1.39 bits per heavy atom. The minimum atomic E-state index is -1.01. The Morgan fingerprint density at radius 3 is 2.44 bits per heavy atom. The first-order chi connectivity index (χ1) is 8.60. The van der Waals surface area contributed by atoms with Gasteiger partial charge in [0.15, 0.2) is 0 Å². The minimum absolute atomic E-state index is 0.337. The lowest BCUT2D eigenvalue weighted by Crippen LogP contribution is -2.31. The molecule has 18 heavy (non-hydrogen) atoms. The molecule has 2 amide bonds. The van der Waals surface area contributed by atoms with Crippen LogP contribution in [0.3, 0.4) is 0 Å². The summed E-state index contributed by atoms with van der Waals surface area (Å²) in [6.45, 7) is 0. The second kappa shape index (κ2) is 6.37. The van der Waals surface area contributed by atoms with Crippen molar-refractivity contribution in [3.05, 3.63) is 30.3 Å². The number of nitriles is 1. The molecule has 0 atom stereocenters. The average molecular weight is 265 g/mol. The third-order valence-corrected chi connectivity index (χ3v) is 2.12. The molecule has 0 aromatic heterocycles. The van der Waals surface area contributed by atoms with Crippen molar-refractivity contribution in [1.29, 1.82) is 5.26 Å². The summed E-state index contributed by atoms with van der Waals surface area (Å²) in [5.74, 6) is -1.92. The molecular weight excluding hydrogens is 256 g/mol. The van der Waals surface area contributed by atoms with Crippen molar-refractivity contribution in [3.8, 4) is 6.07 Å². The molecule has 0 radical (unpaired) electrons. The van der Waals surface area contributed by atoms with Crippen LogP contribution in [0.2, 0.25) is 0 Å². The number of para-hydroxylation sites is 1. The minimum Gasteiger partial charge on any atom is -0.364 e. The van der Waals surface area contributed by atoms with Gasteiger partial charge in [-0.25, -0.2) is 0 Å². The lowest BCUT2D eigenvalue weighted by atomic mass is 10.3. The molecular formula is C11H9ClN4O2. The maximum atomic E-state index is 11.6. The molecule has 1 aromatic rings. The molecule has 0 spiro atoms. The molecule has 0 aliphatic rings. The average Bonchev–Trinajstić information content (AvgIpc) is 2.39. The van der Waals surface area contributed by atoms with Gasteiger partial charge < -0.3 is 5.73 Å². The Labute approximate surface area is 108 Å². The van der Waals surface area contributed by atoms with Gasteiger partial charge in [0, 0.05) is 0 Å². The predicted octanol–water partition coefficient (Wildman–Crippen LogP) is 0.623. The van der Waals surface area contributed by atoms with Crippen molar-refractivity contribution in [3.63, 3.8) is 0 Å². The molecule has 7 heteroatoms. The Morgan fingerprint density at radius 2 is 2.00 bits per heavy atom. The van der Waals surface area contributed by atoms with Crippen LogP contribution >= 0.6 is 11.6 Å². The van der Waals surface area contributed by atoms with Gasteiger partial charge in [-0.05, 0) is 12.1 Å². The topological polar surface area (TPSA) is 99.6 Å². The number of rotatable bonds is 4.